The van der Waals surface area contributed by atoms with Gasteiger partial charge in [-0.1, -0.05) is 0 Å². The molecule has 0 saturated carbocycles. The highest BCUT2D eigenvalue weighted by Gasteiger charge is 2.18. The van der Waals surface area contributed by atoms with Gasteiger partial charge in [-0.2, -0.15) is 0 Å². The molecular formula is C13H20N4O3S. The highest BCUT2D eigenvalue weighted by molar-refractivity contribution is 7.89. The van der Waals surface area contributed by atoms with E-state index in [0.717, 1.165) is 5.69 Å². The van der Waals surface area contributed by atoms with Crippen LogP contribution in [0.2, 0.25) is 0 Å². The molecule has 21 heavy (non-hydrogen) atoms. The molecule has 8 heteroatoms. The number of aryl methyl sites for hydroxylation is 2. The van der Waals surface area contributed by atoms with Crippen LogP contribution in [-0.2, 0) is 29.7 Å². The molecule has 7 nitrogen and oxygen atoms in total. The summed E-state index contributed by atoms with van der Waals surface area (Å²) in [7, 11) is -1.75. The minimum absolute atomic E-state index is 0.0365. The normalized spacial score (nSPS) is 12.0. The number of aromatic nitrogens is 2. The number of nitrogens with zero attached hydrogens (tertiary/aromatic N) is 2. The lowest BCUT2D eigenvalue weighted by Crippen LogP contribution is -2.23. The summed E-state index contributed by atoms with van der Waals surface area (Å²) in [5.74, 6) is 0.999. The average molecular weight is 312 g/mol. The summed E-state index contributed by atoms with van der Waals surface area (Å²) in [5.41, 5.74) is 0.923. The number of rotatable bonds is 7. The highest BCUT2D eigenvalue weighted by Crippen LogP contribution is 2.15. The van der Waals surface area contributed by atoms with Gasteiger partial charge in [-0.05, 0) is 27.0 Å². The van der Waals surface area contributed by atoms with E-state index in [-0.39, 0.29) is 11.4 Å². The predicted octanol–water partition coefficient (Wildman–Crippen LogP) is 1.00. The van der Waals surface area contributed by atoms with E-state index in [1.807, 2.05) is 18.5 Å². The van der Waals surface area contributed by atoms with Crippen molar-refractivity contribution in [1.29, 1.82) is 0 Å². The van der Waals surface area contributed by atoms with Gasteiger partial charge in [0.05, 0.1) is 17.6 Å². The van der Waals surface area contributed by atoms with Crippen molar-refractivity contribution in [2.24, 2.45) is 0 Å². The maximum absolute atomic E-state index is 12.3. The average Bonchev–Trinajstić information content (AvgIpc) is 3.04. The van der Waals surface area contributed by atoms with Crippen molar-refractivity contribution in [3.05, 3.63) is 35.8 Å². The van der Waals surface area contributed by atoms with Crippen LogP contribution in [0.15, 0.2) is 27.8 Å². The maximum atomic E-state index is 12.3. The maximum Gasteiger partial charge on any atom is 0.242 e. The molecule has 0 bridgehead atoms. The Hall–Kier alpha value is -1.64. The summed E-state index contributed by atoms with van der Waals surface area (Å²) in [4.78, 5) is 4.22. The first-order valence-electron chi connectivity index (χ1n) is 6.71. The van der Waals surface area contributed by atoms with Gasteiger partial charge in [-0.3, -0.25) is 0 Å². The van der Waals surface area contributed by atoms with Crippen LogP contribution >= 0.6 is 0 Å². The zero-order chi connectivity index (χ0) is 15.5. The molecule has 0 aliphatic rings. The molecule has 0 radical (unpaired) electrons. The Morgan fingerprint density at radius 3 is 2.71 bits per heavy atom. The predicted molar refractivity (Wildman–Crippen MR) is 78.1 cm³/mol. The Balaban J connectivity index is 2.15. The second kappa shape index (κ2) is 6.42. The van der Waals surface area contributed by atoms with Crippen molar-refractivity contribution in [3.63, 3.8) is 0 Å². The first-order valence-corrected chi connectivity index (χ1v) is 8.19. The smallest absolute Gasteiger partial charge is 0.242 e. The first-order chi connectivity index (χ1) is 9.96. The standard InChI is InChI=1S/C13H20N4O3S/c1-4-17-9-12(5-11(17)7-14-3)21(18,19)16-8-13-15-6-10(2)20-13/h5-6,9,14,16H,4,7-8H2,1-3H3. The second-order valence-electron chi connectivity index (χ2n) is 4.67. The molecule has 0 unspecified atom stereocenters. The van der Waals surface area contributed by atoms with E-state index in [0.29, 0.717) is 24.7 Å². The Morgan fingerprint density at radius 2 is 2.14 bits per heavy atom. The summed E-state index contributed by atoms with van der Waals surface area (Å²) in [6.07, 6.45) is 3.19. The van der Waals surface area contributed by atoms with E-state index < -0.39 is 10.0 Å². The zero-order valence-electron chi connectivity index (χ0n) is 12.4. The highest BCUT2D eigenvalue weighted by atomic mass is 32.2. The summed E-state index contributed by atoms with van der Waals surface area (Å²) >= 11 is 0. The Kier molecular flexibility index (Phi) is 4.81. The molecule has 2 heterocycles. The summed E-state index contributed by atoms with van der Waals surface area (Å²) < 4.78 is 34.2. The lowest BCUT2D eigenvalue weighted by molar-refractivity contribution is 0.463. The fraction of sp³-hybridized carbons (Fsp3) is 0.462. The van der Waals surface area contributed by atoms with E-state index in [1.54, 1.807) is 25.4 Å². The molecule has 0 aliphatic carbocycles. The van der Waals surface area contributed by atoms with Crippen molar-refractivity contribution < 1.29 is 12.8 Å². The van der Waals surface area contributed by atoms with E-state index in [2.05, 4.69) is 15.0 Å². The summed E-state index contributed by atoms with van der Waals surface area (Å²) in [6.45, 7) is 5.09. The summed E-state index contributed by atoms with van der Waals surface area (Å²) in [5, 5.41) is 3.02. The fourth-order valence-corrected chi connectivity index (χ4v) is 3.06. The largest absolute Gasteiger partial charge is 0.445 e. The molecule has 0 amide bonds. The van der Waals surface area contributed by atoms with Crippen LogP contribution in [0.25, 0.3) is 0 Å². The topological polar surface area (TPSA) is 89.2 Å². The van der Waals surface area contributed by atoms with Gasteiger partial charge >= 0.3 is 0 Å². The molecule has 0 aromatic carbocycles. The third-order valence-electron chi connectivity index (χ3n) is 3.05. The number of hydrogen-bond donors (Lipinski definition) is 2. The quantitative estimate of drug-likeness (QED) is 0.796. The van der Waals surface area contributed by atoms with Crippen molar-refractivity contribution in [3.8, 4) is 0 Å². The SMILES string of the molecule is CCn1cc(S(=O)(=O)NCc2ncc(C)o2)cc1CNC. The molecule has 0 saturated heterocycles. The molecule has 116 valence electrons. The van der Waals surface area contributed by atoms with Crippen molar-refractivity contribution >= 4 is 10.0 Å². The van der Waals surface area contributed by atoms with Crippen LogP contribution < -0.4 is 10.0 Å². The molecule has 0 spiro atoms. The van der Waals surface area contributed by atoms with Crippen LogP contribution in [0.3, 0.4) is 0 Å². The van der Waals surface area contributed by atoms with Crippen LogP contribution in [0, 0.1) is 6.92 Å². The molecular weight excluding hydrogens is 292 g/mol. The minimum Gasteiger partial charge on any atom is -0.445 e. The third-order valence-corrected chi connectivity index (χ3v) is 4.42. The molecule has 2 rings (SSSR count). The summed E-state index contributed by atoms with van der Waals surface area (Å²) in [6, 6.07) is 1.67. The minimum atomic E-state index is -3.58. The molecule has 0 fully saturated rings. The van der Waals surface area contributed by atoms with E-state index in [9.17, 15) is 8.42 Å². The van der Waals surface area contributed by atoms with E-state index >= 15 is 0 Å². The zero-order valence-corrected chi connectivity index (χ0v) is 13.2. The van der Waals surface area contributed by atoms with Gasteiger partial charge in [0, 0.05) is 25.0 Å². The monoisotopic (exact) mass is 312 g/mol. The molecule has 2 aromatic heterocycles. The molecule has 2 N–H and O–H groups in total. The third kappa shape index (κ3) is 3.72. The fourth-order valence-electron chi connectivity index (χ4n) is 2.02. The lowest BCUT2D eigenvalue weighted by atomic mass is 10.4. The van der Waals surface area contributed by atoms with Crippen LogP contribution in [0.1, 0.15) is 24.3 Å². The molecule has 0 atom stereocenters. The molecule has 0 aliphatic heterocycles. The van der Waals surface area contributed by atoms with Crippen LogP contribution in [0.5, 0.6) is 0 Å². The number of sulfonamides is 1. The van der Waals surface area contributed by atoms with Gasteiger partial charge in [0.2, 0.25) is 15.9 Å². The Labute approximate surface area is 124 Å². The van der Waals surface area contributed by atoms with Crippen molar-refractivity contribution in [2.45, 2.75) is 38.4 Å². The number of hydrogen-bond acceptors (Lipinski definition) is 5. The first kappa shape index (κ1) is 15.7. The van der Waals surface area contributed by atoms with Crippen LogP contribution in [0.4, 0.5) is 0 Å². The van der Waals surface area contributed by atoms with Gasteiger partial charge in [-0.25, -0.2) is 18.1 Å². The van der Waals surface area contributed by atoms with E-state index in [4.69, 9.17) is 4.42 Å². The molecule has 2 aromatic rings. The van der Waals surface area contributed by atoms with Crippen molar-refractivity contribution in [2.75, 3.05) is 7.05 Å². The lowest BCUT2D eigenvalue weighted by Gasteiger charge is -2.03. The second-order valence-corrected chi connectivity index (χ2v) is 6.44. The van der Waals surface area contributed by atoms with Crippen LogP contribution in [-0.4, -0.2) is 25.0 Å². The van der Waals surface area contributed by atoms with Gasteiger partial charge < -0.3 is 14.3 Å². The Morgan fingerprint density at radius 1 is 1.38 bits per heavy atom. The number of nitrogens with one attached hydrogen (secondary N) is 2. The van der Waals surface area contributed by atoms with Gasteiger partial charge in [0.25, 0.3) is 0 Å². The number of oxazole rings is 1. The van der Waals surface area contributed by atoms with Gasteiger partial charge in [-0.15, -0.1) is 0 Å². The van der Waals surface area contributed by atoms with Gasteiger partial charge in [0.15, 0.2) is 0 Å². The van der Waals surface area contributed by atoms with Crippen molar-refractivity contribution in [1.82, 2.24) is 19.6 Å². The van der Waals surface area contributed by atoms with Gasteiger partial charge in [0.1, 0.15) is 5.76 Å². The Bertz CT molecular complexity index is 703. The van der Waals surface area contributed by atoms with E-state index in [1.165, 1.54) is 0 Å².